The van der Waals surface area contributed by atoms with Gasteiger partial charge in [-0.05, 0) is 5.56 Å². The maximum atomic E-state index is 11.0. The Morgan fingerprint density at radius 1 is 1.06 bits per heavy atom. The largest absolute Gasteiger partial charge is 0.298 e. The number of benzene rings is 1. The topological polar surface area (TPSA) is 47.0 Å². The Balaban J connectivity index is 2.78. The van der Waals surface area contributed by atoms with Crippen LogP contribution in [0.1, 0.15) is 20.7 Å². The van der Waals surface area contributed by atoms with Crippen molar-refractivity contribution in [2.24, 2.45) is 0 Å². The summed E-state index contributed by atoms with van der Waals surface area (Å²) in [5.74, 6) is 0. The molecule has 0 aliphatic carbocycles. The second-order valence-electron chi connectivity index (χ2n) is 3.39. The number of aromatic nitrogens is 1. The lowest BCUT2D eigenvalue weighted by molar-refractivity contribution is 0.112. The highest BCUT2D eigenvalue weighted by molar-refractivity contribution is 6.32. The summed E-state index contributed by atoms with van der Waals surface area (Å²) in [6, 6.07) is 9.13. The molecule has 0 amide bonds. The molecule has 0 spiro atoms. The molecule has 1 heterocycles. The lowest BCUT2D eigenvalue weighted by Crippen LogP contribution is -1.97. The third-order valence-electron chi connectivity index (χ3n) is 2.40. The molecule has 3 nitrogen and oxygen atoms in total. The number of hydrogen-bond acceptors (Lipinski definition) is 3. The van der Waals surface area contributed by atoms with Gasteiger partial charge >= 0.3 is 0 Å². The summed E-state index contributed by atoms with van der Waals surface area (Å²) in [5, 5.41) is 0.101. The van der Waals surface area contributed by atoms with Crippen LogP contribution in [0, 0.1) is 0 Å². The van der Waals surface area contributed by atoms with Crippen molar-refractivity contribution < 1.29 is 9.59 Å². The SMILES string of the molecule is O=Cc1cnc(Cl)c(C=O)c1-c1ccccc1. The molecule has 0 atom stereocenters. The van der Waals surface area contributed by atoms with E-state index in [2.05, 4.69) is 4.98 Å². The Bertz CT molecular complexity index is 567. The number of nitrogens with zero attached hydrogens (tertiary/aromatic N) is 1. The average molecular weight is 246 g/mol. The standard InChI is InChI=1S/C13H8ClNO2/c14-13-11(8-17)12(10(7-16)6-15-13)9-4-2-1-3-5-9/h1-8H. The van der Waals surface area contributed by atoms with E-state index in [-0.39, 0.29) is 10.7 Å². The zero-order chi connectivity index (χ0) is 12.3. The lowest BCUT2D eigenvalue weighted by Gasteiger charge is -2.08. The minimum atomic E-state index is 0.101. The molecule has 1 aromatic carbocycles. The summed E-state index contributed by atoms with van der Waals surface area (Å²) in [4.78, 5) is 25.8. The summed E-state index contributed by atoms with van der Waals surface area (Å²) < 4.78 is 0. The first-order chi connectivity index (χ1) is 8.27. The lowest BCUT2D eigenvalue weighted by atomic mass is 9.98. The summed E-state index contributed by atoms with van der Waals surface area (Å²) in [6.45, 7) is 0. The van der Waals surface area contributed by atoms with Crippen LogP contribution in [0.3, 0.4) is 0 Å². The zero-order valence-corrected chi connectivity index (χ0v) is 9.52. The molecule has 0 saturated heterocycles. The number of carbonyl (C=O) groups excluding carboxylic acids is 2. The molecule has 0 unspecified atom stereocenters. The van der Waals surface area contributed by atoms with Crippen LogP contribution in [0.2, 0.25) is 5.15 Å². The Hall–Kier alpha value is -2.00. The van der Waals surface area contributed by atoms with Crippen LogP contribution < -0.4 is 0 Å². The Morgan fingerprint density at radius 2 is 1.76 bits per heavy atom. The minimum Gasteiger partial charge on any atom is -0.298 e. The fourth-order valence-corrected chi connectivity index (χ4v) is 1.83. The van der Waals surface area contributed by atoms with Crippen LogP contribution in [-0.4, -0.2) is 17.6 Å². The zero-order valence-electron chi connectivity index (χ0n) is 8.76. The maximum Gasteiger partial charge on any atom is 0.153 e. The van der Waals surface area contributed by atoms with Crippen molar-refractivity contribution in [3.8, 4) is 11.1 Å². The third-order valence-corrected chi connectivity index (χ3v) is 2.71. The van der Waals surface area contributed by atoms with Crippen molar-refractivity contribution >= 4 is 24.2 Å². The van der Waals surface area contributed by atoms with Gasteiger partial charge in [-0.25, -0.2) is 4.98 Å². The highest BCUT2D eigenvalue weighted by Gasteiger charge is 2.14. The number of carbonyl (C=O) groups is 2. The van der Waals surface area contributed by atoms with Crippen LogP contribution in [0.4, 0.5) is 0 Å². The van der Waals surface area contributed by atoms with Crippen molar-refractivity contribution in [3.05, 3.63) is 52.8 Å². The normalized spacial score (nSPS) is 9.94. The number of aldehydes is 2. The van der Waals surface area contributed by atoms with Gasteiger partial charge in [0.2, 0.25) is 0 Å². The van der Waals surface area contributed by atoms with Crippen molar-refractivity contribution in [1.82, 2.24) is 4.98 Å². The Morgan fingerprint density at radius 3 is 2.35 bits per heavy atom. The van der Waals surface area contributed by atoms with Crippen LogP contribution in [0.15, 0.2) is 36.5 Å². The second-order valence-corrected chi connectivity index (χ2v) is 3.75. The van der Waals surface area contributed by atoms with E-state index in [1.807, 2.05) is 30.3 Å². The first kappa shape index (κ1) is 11.5. The Labute approximate surface area is 103 Å². The maximum absolute atomic E-state index is 11.0. The highest BCUT2D eigenvalue weighted by atomic mass is 35.5. The van der Waals surface area contributed by atoms with E-state index in [1.54, 1.807) is 0 Å². The smallest absolute Gasteiger partial charge is 0.153 e. The molecular weight excluding hydrogens is 238 g/mol. The van der Waals surface area contributed by atoms with Crippen LogP contribution in [-0.2, 0) is 0 Å². The quantitative estimate of drug-likeness (QED) is 0.617. The number of pyridine rings is 1. The van der Waals surface area contributed by atoms with E-state index in [4.69, 9.17) is 11.6 Å². The van der Waals surface area contributed by atoms with Gasteiger partial charge in [0, 0.05) is 17.3 Å². The van der Waals surface area contributed by atoms with Crippen molar-refractivity contribution in [3.63, 3.8) is 0 Å². The van der Waals surface area contributed by atoms with E-state index in [0.717, 1.165) is 5.56 Å². The van der Waals surface area contributed by atoms with Gasteiger partial charge in [-0.1, -0.05) is 41.9 Å². The third kappa shape index (κ3) is 2.10. The Kier molecular flexibility index (Phi) is 3.30. The van der Waals surface area contributed by atoms with Crippen LogP contribution in [0.25, 0.3) is 11.1 Å². The summed E-state index contributed by atoms with van der Waals surface area (Å²) >= 11 is 5.85. The molecule has 0 N–H and O–H groups in total. The van der Waals surface area contributed by atoms with Gasteiger partial charge in [-0.15, -0.1) is 0 Å². The monoisotopic (exact) mass is 245 g/mol. The average Bonchev–Trinajstić information content (AvgIpc) is 2.39. The summed E-state index contributed by atoms with van der Waals surface area (Å²) in [6.07, 6.45) is 2.65. The van der Waals surface area contributed by atoms with Crippen LogP contribution >= 0.6 is 11.6 Å². The predicted molar refractivity (Wildman–Crippen MR) is 65.5 cm³/mol. The van der Waals surface area contributed by atoms with Crippen molar-refractivity contribution in [2.45, 2.75) is 0 Å². The van der Waals surface area contributed by atoms with Crippen molar-refractivity contribution in [2.75, 3.05) is 0 Å². The van der Waals surface area contributed by atoms with Gasteiger partial charge in [0.05, 0.1) is 5.56 Å². The van der Waals surface area contributed by atoms with Gasteiger partial charge in [0.25, 0.3) is 0 Å². The van der Waals surface area contributed by atoms with Crippen molar-refractivity contribution in [1.29, 1.82) is 0 Å². The van der Waals surface area contributed by atoms with E-state index in [9.17, 15) is 9.59 Å². The fourth-order valence-electron chi connectivity index (χ4n) is 1.64. The van der Waals surface area contributed by atoms with Crippen LogP contribution in [0.5, 0.6) is 0 Å². The molecule has 0 aliphatic heterocycles. The molecule has 17 heavy (non-hydrogen) atoms. The number of rotatable bonds is 3. The van der Waals surface area contributed by atoms with E-state index in [1.165, 1.54) is 6.20 Å². The molecule has 0 fully saturated rings. The number of halogens is 1. The van der Waals surface area contributed by atoms with E-state index >= 15 is 0 Å². The first-order valence-electron chi connectivity index (χ1n) is 4.92. The van der Waals surface area contributed by atoms with E-state index in [0.29, 0.717) is 23.7 Å². The summed E-state index contributed by atoms with van der Waals surface area (Å²) in [7, 11) is 0. The van der Waals surface area contributed by atoms with Gasteiger partial charge in [0.1, 0.15) is 5.15 Å². The molecule has 84 valence electrons. The number of hydrogen-bond donors (Lipinski definition) is 0. The van der Waals surface area contributed by atoms with Gasteiger partial charge in [-0.2, -0.15) is 0 Å². The molecule has 2 aromatic rings. The molecule has 0 aliphatic rings. The predicted octanol–water partition coefficient (Wildman–Crippen LogP) is 3.03. The molecule has 0 saturated carbocycles. The first-order valence-corrected chi connectivity index (χ1v) is 5.30. The van der Waals surface area contributed by atoms with E-state index < -0.39 is 0 Å². The fraction of sp³-hybridized carbons (Fsp3) is 0. The molecule has 0 radical (unpaired) electrons. The molecule has 4 heteroatoms. The van der Waals surface area contributed by atoms with Gasteiger partial charge in [0.15, 0.2) is 12.6 Å². The van der Waals surface area contributed by atoms with Gasteiger partial charge < -0.3 is 0 Å². The molecule has 1 aromatic heterocycles. The van der Waals surface area contributed by atoms with Gasteiger partial charge in [-0.3, -0.25) is 9.59 Å². The highest BCUT2D eigenvalue weighted by Crippen LogP contribution is 2.29. The second kappa shape index (κ2) is 4.89. The summed E-state index contributed by atoms with van der Waals surface area (Å²) in [5.41, 5.74) is 1.88. The minimum absolute atomic E-state index is 0.101. The molecule has 0 bridgehead atoms. The molecular formula is C13H8ClNO2. The molecule has 2 rings (SSSR count).